The molecule has 0 bridgehead atoms. The van der Waals surface area contributed by atoms with E-state index >= 15 is 0 Å². The summed E-state index contributed by atoms with van der Waals surface area (Å²) in [6, 6.07) is 3.22. The van der Waals surface area contributed by atoms with Crippen LogP contribution in [0, 0.1) is 11.2 Å². The molecule has 7 nitrogen and oxygen atoms in total. The number of aryl methyl sites for hydroxylation is 1. The van der Waals surface area contributed by atoms with E-state index in [0.29, 0.717) is 23.6 Å². The van der Waals surface area contributed by atoms with Gasteiger partial charge in [0, 0.05) is 38.9 Å². The van der Waals surface area contributed by atoms with Gasteiger partial charge in [-0.3, -0.25) is 9.59 Å². The molecule has 164 valence electrons. The van der Waals surface area contributed by atoms with Gasteiger partial charge < -0.3 is 15.1 Å². The Bertz CT molecular complexity index is 1010. The molecule has 2 aliphatic rings. The second-order valence-corrected chi connectivity index (χ2v) is 9.02. The van der Waals surface area contributed by atoms with Crippen LogP contribution in [0.15, 0.2) is 24.5 Å². The Labute approximate surface area is 181 Å². The molecular formula is C23H28FN5O2. The van der Waals surface area contributed by atoms with Gasteiger partial charge in [0.25, 0.3) is 11.8 Å². The van der Waals surface area contributed by atoms with Gasteiger partial charge in [0.1, 0.15) is 5.82 Å². The number of nitrogens with zero attached hydrogens (tertiary/aromatic N) is 4. The summed E-state index contributed by atoms with van der Waals surface area (Å²) in [5.41, 5.74) is 2.14. The van der Waals surface area contributed by atoms with Crippen LogP contribution < -0.4 is 10.2 Å². The van der Waals surface area contributed by atoms with E-state index in [0.717, 1.165) is 44.3 Å². The van der Waals surface area contributed by atoms with Gasteiger partial charge in [-0.1, -0.05) is 13.8 Å². The first-order valence-electron chi connectivity index (χ1n) is 10.7. The van der Waals surface area contributed by atoms with Gasteiger partial charge in [-0.25, -0.2) is 14.4 Å². The van der Waals surface area contributed by atoms with Crippen molar-refractivity contribution in [3.63, 3.8) is 0 Å². The van der Waals surface area contributed by atoms with Crippen LogP contribution in [0.3, 0.4) is 0 Å². The Hall–Kier alpha value is -3.03. The summed E-state index contributed by atoms with van der Waals surface area (Å²) in [4.78, 5) is 37.1. The van der Waals surface area contributed by atoms with Crippen molar-refractivity contribution in [2.24, 2.45) is 5.41 Å². The van der Waals surface area contributed by atoms with Crippen LogP contribution in [0.25, 0.3) is 0 Å². The Morgan fingerprint density at radius 1 is 1.10 bits per heavy atom. The zero-order chi connectivity index (χ0) is 22.2. The topological polar surface area (TPSA) is 78.4 Å². The first-order chi connectivity index (χ1) is 14.8. The number of anilines is 2. The molecule has 0 atom stereocenters. The van der Waals surface area contributed by atoms with E-state index in [1.165, 1.54) is 19.3 Å². The number of piperidine rings is 1. The predicted octanol–water partition coefficient (Wildman–Crippen LogP) is 3.32. The summed E-state index contributed by atoms with van der Waals surface area (Å²) in [7, 11) is 1.44. The minimum absolute atomic E-state index is 0.0190. The molecule has 2 aromatic rings. The molecule has 0 aliphatic carbocycles. The average Bonchev–Trinajstić information content (AvgIpc) is 2.77. The van der Waals surface area contributed by atoms with Crippen LogP contribution >= 0.6 is 0 Å². The number of hydrogen-bond acceptors (Lipinski definition) is 5. The zero-order valence-corrected chi connectivity index (χ0v) is 18.2. The van der Waals surface area contributed by atoms with E-state index in [2.05, 4.69) is 29.1 Å². The summed E-state index contributed by atoms with van der Waals surface area (Å²) >= 11 is 0. The molecule has 2 amide bonds. The number of pyridine rings is 2. The Morgan fingerprint density at radius 2 is 1.84 bits per heavy atom. The van der Waals surface area contributed by atoms with Crippen LogP contribution in [0.4, 0.5) is 15.9 Å². The SMILES string of the molecule is CNC(=O)c1ncc(N2CCCc3cc(C(=O)N4CCC(C)(C)CC4)cnc32)cc1F. The van der Waals surface area contributed by atoms with E-state index in [9.17, 15) is 14.0 Å². The molecule has 0 aromatic carbocycles. The lowest BCUT2D eigenvalue weighted by atomic mass is 9.82. The standard InChI is InChI=1S/C23H28FN5O2/c1-23(2)6-9-28(10-7-23)22(31)16-11-15-5-4-8-29(20(15)27-13-16)17-12-18(24)19(26-14-17)21(30)25-3/h11-14H,4-10H2,1-3H3,(H,25,30). The van der Waals surface area contributed by atoms with E-state index in [1.54, 1.807) is 6.20 Å². The first-order valence-corrected chi connectivity index (χ1v) is 10.7. The lowest BCUT2D eigenvalue weighted by molar-refractivity contribution is 0.0629. The lowest BCUT2D eigenvalue weighted by Gasteiger charge is -2.37. The zero-order valence-electron chi connectivity index (χ0n) is 18.2. The van der Waals surface area contributed by atoms with Crippen molar-refractivity contribution in [2.45, 2.75) is 39.5 Å². The maximum atomic E-state index is 14.4. The van der Waals surface area contributed by atoms with Crippen LogP contribution in [0.2, 0.25) is 0 Å². The molecule has 31 heavy (non-hydrogen) atoms. The van der Waals surface area contributed by atoms with Crippen molar-refractivity contribution >= 4 is 23.3 Å². The minimum atomic E-state index is -0.677. The van der Waals surface area contributed by atoms with Gasteiger partial charge in [-0.15, -0.1) is 0 Å². The number of halogens is 1. The average molecular weight is 426 g/mol. The van der Waals surface area contributed by atoms with E-state index < -0.39 is 11.7 Å². The number of fused-ring (bicyclic) bond motifs is 1. The second-order valence-electron chi connectivity index (χ2n) is 9.02. The number of hydrogen-bond donors (Lipinski definition) is 1. The highest BCUT2D eigenvalue weighted by atomic mass is 19.1. The molecule has 0 radical (unpaired) electrons. The summed E-state index contributed by atoms with van der Waals surface area (Å²) in [5.74, 6) is -0.517. The van der Waals surface area contributed by atoms with Gasteiger partial charge in [0.05, 0.1) is 17.4 Å². The second kappa shape index (κ2) is 8.24. The van der Waals surface area contributed by atoms with Gasteiger partial charge >= 0.3 is 0 Å². The molecule has 2 aromatic heterocycles. The van der Waals surface area contributed by atoms with Crippen LogP contribution in [-0.2, 0) is 6.42 Å². The fourth-order valence-corrected chi connectivity index (χ4v) is 4.19. The van der Waals surface area contributed by atoms with Crippen LogP contribution in [0.5, 0.6) is 0 Å². The van der Waals surface area contributed by atoms with Crippen molar-refractivity contribution in [1.29, 1.82) is 0 Å². The number of aromatic nitrogens is 2. The summed E-state index contributed by atoms with van der Waals surface area (Å²) in [6.45, 7) is 6.66. The third-order valence-electron chi connectivity index (χ3n) is 6.26. The largest absolute Gasteiger partial charge is 0.354 e. The van der Waals surface area contributed by atoms with Crippen LogP contribution in [-0.4, -0.2) is 53.4 Å². The maximum absolute atomic E-state index is 14.4. The van der Waals surface area contributed by atoms with E-state index in [-0.39, 0.29) is 17.0 Å². The quantitative estimate of drug-likeness (QED) is 0.816. The number of rotatable bonds is 3. The first kappa shape index (κ1) is 21.2. The Balaban J connectivity index is 1.57. The molecule has 0 unspecified atom stereocenters. The third kappa shape index (κ3) is 4.24. The molecule has 4 rings (SSSR count). The predicted molar refractivity (Wildman–Crippen MR) is 116 cm³/mol. The normalized spacial score (nSPS) is 17.8. The van der Waals surface area contributed by atoms with Crippen molar-refractivity contribution in [3.8, 4) is 0 Å². The molecule has 8 heteroatoms. The molecule has 0 saturated carbocycles. The number of carbonyl (C=O) groups is 2. The summed E-state index contributed by atoms with van der Waals surface area (Å²) in [6.07, 6.45) is 6.74. The number of amides is 2. The molecule has 1 saturated heterocycles. The molecule has 1 fully saturated rings. The highest BCUT2D eigenvalue weighted by Gasteiger charge is 2.29. The lowest BCUT2D eigenvalue weighted by Crippen LogP contribution is -2.41. The van der Waals surface area contributed by atoms with E-state index in [4.69, 9.17) is 0 Å². The number of carbonyl (C=O) groups excluding carboxylic acids is 2. The third-order valence-corrected chi connectivity index (χ3v) is 6.26. The highest BCUT2D eigenvalue weighted by Crippen LogP contribution is 2.34. The summed E-state index contributed by atoms with van der Waals surface area (Å²) in [5, 5.41) is 2.38. The maximum Gasteiger partial charge on any atom is 0.272 e. The molecular weight excluding hydrogens is 397 g/mol. The van der Waals surface area contributed by atoms with Crippen LogP contribution in [0.1, 0.15) is 59.5 Å². The fourth-order valence-electron chi connectivity index (χ4n) is 4.19. The van der Waals surface area contributed by atoms with Gasteiger partial charge in [-0.05, 0) is 42.7 Å². The van der Waals surface area contributed by atoms with Crippen molar-refractivity contribution in [3.05, 3.63) is 47.2 Å². The highest BCUT2D eigenvalue weighted by molar-refractivity contribution is 5.95. The van der Waals surface area contributed by atoms with Gasteiger partial charge in [-0.2, -0.15) is 0 Å². The molecule has 1 N–H and O–H groups in total. The van der Waals surface area contributed by atoms with Gasteiger partial charge in [0.2, 0.25) is 0 Å². The number of likely N-dealkylation sites (tertiary alicyclic amines) is 1. The molecule has 0 spiro atoms. The number of nitrogens with one attached hydrogen (secondary N) is 1. The Morgan fingerprint density at radius 3 is 2.52 bits per heavy atom. The van der Waals surface area contributed by atoms with Gasteiger partial charge in [0.15, 0.2) is 11.5 Å². The molecule has 2 aliphatic heterocycles. The van der Waals surface area contributed by atoms with Crippen molar-refractivity contribution < 1.29 is 14.0 Å². The monoisotopic (exact) mass is 425 g/mol. The molecule has 4 heterocycles. The van der Waals surface area contributed by atoms with E-state index in [1.807, 2.05) is 15.9 Å². The Kier molecular flexibility index (Phi) is 5.64. The summed E-state index contributed by atoms with van der Waals surface area (Å²) < 4.78 is 14.4. The smallest absolute Gasteiger partial charge is 0.272 e. The minimum Gasteiger partial charge on any atom is -0.354 e. The van der Waals surface area contributed by atoms with Crippen molar-refractivity contribution in [1.82, 2.24) is 20.2 Å². The fraction of sp³-hybridized carbons (Fsp3) is 0.478. The van der Waals surface area contributed by atoms with Crippen molar-refractivity contribution in [2.75, 3.05) is 31.6 Å².